The highest BCUT2D eigenvalue weighted by Gasteiger charge is 2.07. The summed E-state index contributed by atoms with van der Waals surface area (Å²) in [6.07, 6.45) is 1.76. The summed E-state index contributed by atoms with van der Waals surface area (Å²) >= 11 is 3.75. The summed E-state index contributed by atoms with van der Waals surface area (Å²) in [6.45, 7) is 3.93. The van der Waals surface area contributed by atoms with E-state index in [1.165, 1.54) is 15.3 Å². The van der Waals surface area contributed by atoms with Gasteiger partial charge in [-0.25, -0.2) is 0 Å². The number of thiophene rings is 1. The van der Waals surface area contributed by atoms with Crippen LogP contribution in [0.4, 0.5) is 0 Å². The van der Waals surface area contributed by atoms with E-state index in [0.29, 0.717) is 0 Å². The predicted molar refractivity (Wildman–Crippen MR) is 91.7 cm³/mol. The van der Waals surface area contributed by atoms with E-state index in [9.17, 15) is 0 Å². The van der Waals surface area contributed by atoms with Gasteiger partial charge in [0.1, 0.15) is 0 Å². The second kappa shape index (κ2) is 8.93. The van der Waals surface area contributed by atoms with Crippen LogP contribution >= 0.6 is 23.1 Å². The number of rotatable bonds is 7. The summed E-state index contributed by atoms with van der Waals surface area (Å²) in [4.78, 5) is 6.78. The molecule has 2 N–H and O–H groups in total. The van der Waals surface area contributed by atoms with Crippen molar-refractivity contribution in [2.24, 2.45) is 0 Å². The number of aryl methyl sites for hydroxylation is 1. The van der Waals surface area contributed by atoms with Crippen molar-refractivity contribution >= 4 is 29.1 Å². The molecule has 0 saturated heterocycles. The Morgan fingerprint density at radius 1 is 1.48 bits per heavy atom. The largest absolute Gasteiger partial charge is 0.345 e. The summed E-state index contributed by atoms with van der Waals surface area (Å²) in [5.74, 6) is 2.09. The zero-order valence-corrected chi connectivity index (χ0v) is 14.7. The molecule has 1 rings (SSSR count). The molecule has 0 unspecified atom stereocenters. The lowest BCUT2D eigenvalue weighted by Crippen LogP contribution is -2.36. The van der Waals surface area contributed by atoms with Crippen molar-refractivity contribution in [1.29, 1.82) is 10.7 Å². The van der Waals surface area contributed by atoms with Gasteiger partial charge in [0, 0.05) is 41.4 Å². The standard InChI is InChI=1S/C14H23N5S2/c1-11-7-12(21-13(11)8-18(2)3)9-20-6-5-19(4)14(16)17-10-15/h7H,5-6,8-9H2,1-4H3,(H2,16,17). The Kier molecular flexibility index (Phi) is 7.57. The molecule has 0 aromatic carbocycles. The van der Waals surface area contributed by atoms with Gasteiger partial charge < -0.3 is 9.80 Å². The van der Waals surface area contributed by atoms with Crippen LogP contribution in [0, 0.1) is 23.8 Å². The van der Waals surface area contributed by atoms with Crippen LogP contribution in [0.3, 0.4) is 0 Å². The van der Waals surface area contributed by atoms with E-state index < -0.39 is 0 Å². The third-order valence-electron chi connectivity index (χ3n) is 2.90. The van der Waals surface area contributed by atoms with Gasteiger partial charge in [0.2, 0.25) is 5.96 Å². The van der Waals surface area contributed by atoms with Crippen molar-refractivity contribution in [1.82, 2.24) is 15.1 Å². The number of nitrogens with one attached hydrogen (secondary N) is 2. The van der Waals surface area contributed by atoms with Gasteiger partial charge in [-0.3, -0.25) is 10.7 Å². The summed E-state index contributed by atoms with van der Waals surface area (Å²) in [6, 6.07) is 2.28. The Bertz CT molecular complexity index is 504. The highest BCUT2D eigenvalue weighted by atomic mass is 32.2. The van der Waals surface area contributed by atoms with E-state index in [2.05, 4.69) is 37.3 Å². The number of nitrogens with zero attached hydrogens (tertiary/aromatic N) is 3. The van der Waals surface area contributed by atoms with Gasteiger partial charge in [0.25, 0.3) is 0 Å². The van der Waals surface area contributed by atoms with Crippen molar-refractivity contribution < 1.29 is 0 Å². The highest BCUT2D eigenvalue weighted by Crippen LogP contribution is 2.26. The fourth-order valence-corrected chi connectivity index (χ4v) is 4.15. The maximum Gasteiger partial charge on any atom is 0.204 e. The molecule has 21 heavy (non-hydrogen) atoms. The monoisotopic (exact) mass is 325 g/mol. The fourth-order valence-electron chi connectivity index (χ4n) is 1.74. The molecule has 0 aliphatic carbocycles. The van der Waals surface area contributed by atoms with Gasteiger partial charge >= 0.3 is 0 Å². The summed E-state index contributed by atoms with van der Waals surface area (Å²) in [7, 11) is 6.00. The number of guanidine groups is 1. The molecule has 1 aromatic rings. The first-order chi connectivity index (χ1) is 9.93. The van der Waals surface area contributed by atoms with Crippen LogP contribution in [0.15, 0.2) is 6.07 Å². The third-order valence-corrected chi connectivity index (χ3v) is 5.29. The molecule has 1 heterocycles. The van der Waals surface area contributed by atoms with Gasteiger partial charge in [0.15, 0.2) is 6.19 Å². The highest BCUT2D eigenvalue weighted by molar-refractivity contribution is 7.98. The average molecular weight is 326 g/mol. The van der Waals surface area contributed by atoms with E-state index in [-0.39, 0.29) is 5.96 Å². The van der Waals surface area contributed by atoms with Crippen LogP contribution in [0.25, 0.3) is 0 Å². The lowest BCUT2D eigenvalue weighted by atomic mass is 10.2. The number of hydrogen-bond acceptors (Lipinski definition) is 5. The summed E-state index contributed by atoms with van der Waals surface area (Å²) < 4.78 is 0. The molecule has 0 amide bonds. The summed E-state index contributed by atoms with van der Waals surface area (Å²) in [5, 5.41) is 18.4. The van der Waals surface area contributed by atoms with Crippen molar-refractivity contribution in [3.8, 4) is 6.19 Å². The SMILES string of the molecule is Cc1cc(CSCCN(C)C(=N)NC#N)sc1CN(C)C. The fraction of sp³-hybridized carbons (Fsp3) is 0.571. The quantitative estimate of drug-likeness (QED) is 0.265. The number of hydrogen-bond donors (Lipinski definition) is 2. The predicted octanol–water partition coefficient (Wildman–Crippen LogP) is 2.29. The van der Waals surface area contributed by atoms with Gasteiger partial charge in [-0.1, -0.05) is 0 Å². The first kappa shape index (κ1) is 17.8. The molecule has 116 valence electrons. The molecule has 0 saturated carbocycles. The van der Waals surface area contributed by atoms with Gasteiger partial charge in [0.05, 0.1) is 0 Å². The smallest absolute Gasteiger partial charge is 0.204 e. The second-order valence-corrected chi connectivity index (χ2v) is 7.44. The molecule has 0 fully saturated rings. The van der Waals surface area contributed by atoms with E-state index in [1.54, 1.807) is 11.1 Å². The molecule has 0 spiro atoms. The molecular weight excluding hydrogens is 302 g/mol. The van der Waals surface area contributed by atoms with Crippen LogP contribution < -0.4 is 5.32 Å². The van der Waals surface area contributed by atoms with E-state index in [0.717, 1.165) is 24.6 Å². The Morgan fingerprint density at radius 3 is 2.81 bits per heavy atom. The maximum atomic E-state index is 8.46. The van der Waals surface area contributed by atoms with Crippen molar-refractivity contribution in [3.63, 3.8) is 0 Å². The Labute approximate surface area is 135 Å². The van der Waals surface area contributed by atoms with Gasteiger partial charge in [-0.05, 0) is 32.6 Å². The zero-order chi connectivity index (χ0) is 15.8. The second-order valence-electron chi connectivity index (χ2n) is 5.12. The molecule has 0 bridgehead atoms. The average Bonchev–Trinajstić information content (AvgIpc) is 2.74. The van der Waals surface area contributed by atoms with Crippen LogP contribution in [0.1, 0.15) is 15.3 Å². The molecule has 7 heteroatoms. The minimum Gasteiger partial charge on any atom is -0.345 e. The molecule has 0 radical (unpaired) electrons. The molecule has 5 nitrogen and oxygen atoms in total. The van der Waals surface area contributed by atoms with Gasteiger partial charge in [-0.2, -0.15) is 17.0 Å². The van der Waals surface area contributed by atoms with Crippen LogP contribution in [0.5, 0.6) is 0 Å². The Hall–Kier alpha value is -1.23. The topological polar surface area (TPSA) is 66.2 Å². The van der Waals surface area contributed by atoms with Crippen LogP contribution in [-0.2, 0) is 12.3 Å². The molecule has 0 atom stereocenters. The zero-order valence-electron chi connectivity index (χ0n) is 13.1. The van der Waals surface area contributed by atoms with Crippen LogP contribution in [0.2, 0.25) is 0 Å². The first-order valence-corrected chi connectivity index (χ1v) is 8.66. The normalized spacial score (nSPS) is 10.5. The minimum absolute atomic E-state index is 0.151. The lowest BCUT2D eigenvalue weighted by molar-refractivity contribution is 0.405. The number of thioether (sulfide) groups is 1. The molecule has 0 aliphatic heterocycles. The summed E-state index contributed by atoms with van der Waals surface area (Å²) in [5.41, 5.74) is 1.38. The number of nitriles is 1. The van der Waals surface area contributed by atoms with Crippen LogP contribution in [-0.4, -0.2) is 49.2 Å². The maximum absolute atomic E-state index is 8.46. The molecule has 1 aromatic heterocycles. The Morgan fingerprint density at radius 2 is 2.19 bits per heavy atom. The minimum atomic E-state index is 0.151. The van der Waals surface area contributed by atoms with Gasteiger partial charge in [-0.15, -0.1) is 11.3 Å². The third kappa shape index (κ3) is 6.38. The van der Waals surface area contributed by atoms with E-state index >= 15 is 0 Å². The van der Waals surface area contributed by atoms with E-state index in [4.69, 9.17) is 10.7 Å². The first-order valence-electron chi connectivity index (χ1n) is 6.69. The Balaban J connectivity index is 2.33. The van der Waals surface area contributed by atoms with Crippen molar-refractivity contribution in [3.05, 3.63) is 21.4 Å². The lowest BCUT2D eigenvalue weighted by Gasteiger charge is -2.17. The van der Waals surface area contributed by atoms with Crippen molar-refractivity contribution in [2.75, 3.05) is 33.4 Å². The van der Waals surface area contributed by atoms with Crippen molar-refractivity contribution in [2.45, 2.75) is 19.2 Å². The molecular formula is C14H23N5S2. The molecule has 0 aliphatic rings. The van der Waals surface area contributed by atoms with E-state index in [1.807, 2.05) is 30.1 Å².